The van der Waals surface area contributed by atoms with Gasteiger partial charge >= 0.3 is 0 Å². The molecule has 2 heterocycles. The molecular formula is C18H19ClFN5O3. The Morgan fingerprint density at radius 2 is 2.04 bits per heavy atom. The maximum atomic E-state index is 13.4. The number of benzene rings is 1. The molecule has 8 nitrogen and oxygen atoms in total. The lowest BCUT2D eigenvalue weighted by Gasteiger charge is -2.22. The zero-order valence-corrected chi connectivity index (χ0v) is 15.3. The van der Waals surface area contributed by atoms with Gasteiger partial charge in [0, 0.05) is 12.1 Å². The van der Waals surface area contributed by atoms with Gasteiger partial charge in [-0.3, -0.25) is 0 Å². The molecule has 0 radical (unpaired) electrons. The van der Waals surface area contributed by atoms with Crippen LogP contribution in [0.1, 0.15) is 24.1 Å². The van der Waals surface area contributed by atoms with Crippen LogP contribution in [0.3, 0.4) is 0 Å². The minimum Gasteiger partial charge on any atom is -0.390 e. The van der Waals surface area contributed by atoms with Gasteiger partial charge in [-0.2, -0.15) is 0 Å². The van der Waals surface area contributed by atoms with Crippen molar-refractivity contribution in [3.8, 4) is 0 Å². The average Bonchev–Trinajstić information content (AvgIpc) is 3.25. The van der Waals surface area contributed by atoms with E-state index in [4.69, 9.17) is 17.4 Å². The van der Waals surface area contributed by atoms with E-state index in [0.29, 0.717) is 22.4 Å². The molecular weight excluding hydrogens is 389 g/mol. The molecule has 28 heavy (non-hydrogen) atoms. The first-order chi connectivity index (χ1) is 13.4. The van der Waals surface area contributed by atoms with Crippen LogP contribution in [0.15, 0.2) is 36.8 Å². The monoisotopic (exact) mass is 407 g/mol. The molecule has 10 heteroatoms. The Bertz CT molecular complexity index is 1020. The highest BCUT2D eigenvalue weighted by Gasteiger charge is 2.46. The van der Waals surface area contributed by atoms with E-state index in [0.717, 1.165) is 6.07 Å². The Kier molecular flexibility index (Phi) is 4.94. The second kappa shape index (κ2) is 7.26. The fraction of sp³-hybridized carbons (Fsp3) is 0.333. The summed E-state index contributed by atoms with van der Waals surface area (Å²) in [7, 11) is 0. The third kappa shape index (κ3) is 3.01. The topological polar surface area (TPSA) is 129 Å². The molecule has 0 amide bonds. The van der Waals surface area contributed by atoms with Crippen molar-refractivity contribution in [1.82, 2.24) is 14.5 Å². The van der Waals surface area contributed by atoms with E-state index < -0.39 is 36.1 Å². The standard InChI is InChI=1S/C18H19ClFN5O3/c19-11-5-8(1-2-12(11)20)14(26)10-6-13(16(28)15(10)27)25-4-3-9-17(24-21)22-7-23-18(9)25/h1-5,7,10,13-16,26-28H,6,21H2,(H,22,23,24)/t10-,13-,14?,15-,16+/m1/s1. The number of hydrogen-bond acceptors (Lipinski definition) is 7. The van der Waals surface area contributed by atoms with Crippen molar-refractivity contribution in [1.29, 1.82) is 0 Å². The van der Waals surface area contributed by atoms with Crippen molar-refractivity contribution in [3.05, 3.63) is 53.2 Å². The SMILES string of the molecule is NNc1ncnc2c1ccn2[C@@H]1C[C@H](C(O)c2ccc(F)c(Cl)c2)[C@@H](O)[C@H]1O. The van der Waals surface area contributed by atoms with Crippen molar-refractivity contribution in [2.24, 2.45) is 11.8 Å². The third-order valence-corrected chi connectivity index (χ3v) is 5.68. The molecule has 1 aromatic carbocycles. The minimum atomic E-state index is -1.18. The van der Waals surface area contributed by atoms with E-state index in [1.54, 1.807) is 16.8 Å². The Balaban J connectivity index is 1.65. The van der Waals surface area contributed by atoms with Crippen LogP contribution in [-0.4, -0.2) is 42.1 Å². The van der Waals surface area contributed by atoms with E-state index in [-0.39, 0.29) is 11.4 Å². The maximum Gasteiger partial charge on any atom is 0.152 e. The summed E-state index contributed by atoms with van der Waals surface area (Å²) < 4.78 is 15.1. The van der Waals surface area contributed by atoms with E-state index in [2.05, 4.69) is 15.4 Å². The number of aliphatic hydroxyl groups excluding tert-OH is 3. The number of rotatable bonds is 4. The van der Waals surface area contributed by atoms with Crippen molar-refractivity contribution < 1.29 is 19.7 Å². The molecule has 0 spiro atoms. The van der Waals surface area contributed by atoms with Crippen LogP contribution < -0.4 is 11.3 Å². The number of halogens is 2. The minimum absolute atomic E-state index is 0.115. The summed E-state index contributed by atoms with van der Waals surface area (Å²) in [6.07, 6.45) is -0.0863. The lowest BCUT2D eigenvalue weighted by atomic mass is 9.92. The normalized spacial score (nSPS) is 25.9. The van der Waals surface area contributed by atoms with E-state index in [1.807, 2.05) is 0 Å². The quantitative estimate of drug-likeness (QED) is 0.327. The summed E-state index contributed by atoms with van der Waals surface area (Å²) in [6.45, 7) is 0. The first-order valence-corrected chi connectivity index (χ1v) is 9.07. The molecule has 1 fully saturated rings. The fourth-order valence-corrected chi connectivity index (χ4v) is 4.12. The zero-order valence-electron chi connectivity index (χ0n) is 14.6. The second-order valence-corrected chi connectivity index (χ2v) is 7.30. The molecule has 148 valence electrons. The van der Waals surface area contributed by atoms with Crippen molar-refractivity contribution in [2.45, 2.75) is 30.8 Å². The molecule has 1 aliphatic carbocycles. The Hall–Kier alpha value is -2.30. The fourth-order valence-electron chi connectivity index (χ4n) is 3.93. The van der Waals surface area contributed by atoms with Gasteiger partial charge in [-0.1, -0.05) is 17.7 Å². The molecule has 1 saturated carbocycles. The largest absolute Gasteiger partial charge is 0.390 e. The van der Waals surface area contributed by atoms with Gasteiger partial charge in [0.2, 0.25) is 0 Å². The second-order valence-electron chi connectivity index (χ2n) is 6.89. The summed E-state index contributed by atoms with van der Waals surface area (Å²) in [5.41, 5.74) is 3.41. The lowest BCUT2D eigenvalue weighted by Crippen LogP contribution is -2.31. The number of nitrogens with two attached hydrogens (primary N) is 1. The average molecular weight is 408 g/mol. The van der Waals surface area contributed by atoms with Gasteiger partial charge in [-0.15, -0.1) is 0 Å². The molecule has 0 saturated heterocycles. The highest BCUT2D eigenvalue weighted by Crippen LogP contribution is 2.43. The molecule has 3 aromatic rings. The molecule has 1 aliphatic rings. The van der Waals surface area contributed by atoms with Crippen LogP contribution >= 0.6 is 11.6 Å². The summed E-state index contributed by atoms with van der Waals surface area (Å²) in [6, 6.07) is 5.13. The first-order valence-electron chi connectivity index (χ1n) is 8.69. The van der Waals surface area contributed by atoms with Crippen molar-refractivity contribution in [2.75, 3.05) is 5.43 Å². The number of hydrazine groups is 1. The van der Waals surface area contributed by atoms with E-state index >= 15 is 0 Å². The molecule has 1 unspecified atom stereocenters. The number of fused-ring (bicyclic) bond motifs is 1. The first kappa shape index (κ1) is 19.0. The van der Waals surface area contributed by atoms with Gasteiger partial charge in [-0.25, -0.2) is 20.2 Å². The van der Waals surface area contributed by atoms with Crippen LogP contribution in [0.2, 0.25) is 5.02 Å². The lowest BCUT2D eigenvalue weighted by molar-refractivity contribution is -0.0264. The Labute approximate surface area is 164 Å². The Morgan fingerprint density at radius 3 is 2.75 bits per heavy atom. The summed E-state index contributed by atoms with van der Waals surface area (Å²) in [5, 5.41) is 32.5. The van der Waals surface area contributed by atoms with Gasteiger partial charge in [0.05, 0.1) is 28.7 Å². The Morgan fingerprint density at radius 1 is 1.25 bits per heavy atom. The molecule has 0 bridgehead atoms. The number of nitrogens with zero attached hydrogens (tertiary/aromatic N) is 3. The summed E-state index contributed by atoms with van der Waals surface area (Å²) in [4.78, 5) is 8.29. The maximum absolute atomic E-state index is 13.4. The van der Waals surface area contributed by atoms with Gasteiger partial charge < -0.3 is 25.3 Å². The third-order valence-electron chi connectivity index (χ3n) is 5.39. The van der Waals surface area contributed by atoms with Gasteiger partial charge in [0.1, 0.15) is 23.9 Å². The van der Waals surface area contributed by atoms with Crippen molar-refractivity contribution >= 4 is 28.5 Å². The number of anilines is 1. The van der Waals surface area contributed by atoms with Crippen LogP contribution in [0, 0.1) is 11.7 Å². The molecule has 6 N–H and O–H groups in total. The van der Waals surface area contributed by atoms with Crippen LogP contribution in [-0.2, 0) is 0 Å². The van der Waals surface area contributed by atoms with Crippen molar-refractivity contribution in [3.63, 3.8) is 0 Å². The van der Waals surface area contributed by atoms with E-state index in [9.17, 15) is 19.7 Å². The van der Waals surface area contributed by atoms with Gasteiger partial charge in [-0.05, 0) is 30.2 Å². The van der Waals surface area contributed by atoms with Crippen LogP contribution in [0.4, 0.5) is 10.2 Å². The van der Waals surface area contributed by atoms with Crippen LogP contribution in [0.25, 0.3) is 11.0 Å². The predicted molar refractivity (Wildman–Crippen MR) is 101 cm³/mol. The highest BCUT2D eigenvalue weighted by molar-refractivity contribution is 6.30. The number of aromatic nitrogens is 3. The molecule has 0 aliphatic heterocycles. The van der Waals surface area contributed by atoms with Crippen LogP contribution in [0.5, 0.6) is 0 Å². The molecule has 4 rings (SSSR count). The molecule has 5 atom stereocenters. The van der Waals surface area contributed by atoms with Gasteiger partial charge in [0.15, 0.2) is 5.82 Å². The number of hydrogen-bond donors (Lipinski definition) is 5. The summed E-state index contributed by atoms with van der Waals surface area (Å²) >= 11 is 5.80. The molecule has 2 aromatic heterocycles. The summed E-state index contributed by atoms with van der Waals surface area (Å²) in [5.74, 6) is 4.64. The van der Waals surface area contributed by atoms with E-state index in [1.165, 1.54) is 18.5 Å². The zero-order chi connectivity index (χ0) is 20.0. The number of nitrogens with one attached hydrogen (secondary N) is 1. The van der Waals surface area contributed by atoms with Gasteiger partial charge in [0.25, 0.3) is 0 Å². The number of nitrogen functional groups attached to an aromatic ring is 1. The smallest absolute Gasteiger partial charge is 0.152 e. The number of aliphatic hydroxyl groups is 3. The predicted octanol–water partition coefficient (Wildman–Crippen LogP) is 1.53. The highest BCUT2D eigenvalue weighted by atomic mass is 35.5.